The lowest BCUT2D eigenvalue weighted by atomic mass is 10.0. The fourth-order valence-corrected chi connectivity index (χ4v) is 2.73. The molecule has 0 aliphatic heterocycles. The summed E-state index contributed by atoms with van der Waals surface area (Å²) in [5.74, 6) is 2.26. The number of thioether (sulfide) groups is 1. The van der Waals surface area contributed by atoms with Crippen molar-refractivity contribution in [2.24, 2.45) is 5.41 Å². The molecule has 0 aromatic carbocycles. The second kappa shape index (κ2) is 4.47. The van der Waals surface area contributed by atoms with Crippen molar-refractivity contribution in [3.8, 4) is 0 Å². The maximum Gasteiger partial charge on any atom is 0.0897 e. The second-order valence-corrected chi connectivity index (χ2v) is 6.46. The topological polar surface area (TPSA) is 12.9 Å². The molecule has 0 unspecified atom stereocenters. The van der Waals surface area contributed by atoms with E-state index < -0.39 is 0 Å². The lowest BCUT2D eigenvalue weighted by Gasteiger charge is -2.16. The third-order valence-corrected chi connectivity index (χ3v) is 3.84. The van der Waals surface area contributed by atoms with Crippen molar-refractivity contribution in [3.05, 3.63) is 16.1 Å². The van der Waals surface area contributed by atoms with Crippen LogP contribution in [0.2, 0.25) is 0 Å². The van der Waals surface area contributed by atoms with Crippen LogP contribution in [0.25, 0.3) is 0 Å². The number of aromatic nitrogens is 1. The smallest absolute Gasteiger partial charge is 0.0897 e. The third kappa shape index (κ3) is 4.67. The van der Waals surface area contributed by atoms with Gasteiger partial charge in [0.05, 0.1) is 10.7 Å². The molecule has 0 spiro atoms. The molecule has 13 heavy (non-hydrogen) atoms. The Morgan fingerprint density at radius 3 is 2.62 bits per heavy atom. The highest BCUT2D eigenvalue weighted by Crippen LogP contribution is 2.23. The Labute approximate surface area is 89.0 Å². The molecule has 3 heteroatoms. The zero-order valence-corrected chi connectivity index (χ0v) is 10.4. The fraction of sp³-hybridized carbons (Fsp3) is 0.700. The zero-order chi connectivity index (χ0) is 9.90. The summed E-state index contributed by atoms with van der Waals surface area (Å²) in [7, 11) is 0. The Hall–Kier alpha value is -0.0200. The molecule has 74 valence electrons. The van der Waals surface area contributed by atoms with Gasteiger partial charge in [-0.15, -0.1) is 11.3 Å². The molecule has 1 aromatic heterocycles. The first-order valence-corrected chi connectivity index (χ1v) is 6.49. The predicted octanol–water partition coefficient (Wildman–Crippen LogP) is 3.73. The van der Waals surface area contributed by atoms with Gasteiger partial charge in [-0.2, -0.15) is 11.8 Å². The monoisotopic (exact) mass is 215 g/mol. The first-order chi connectivity index (χ1) is 5.97. The van der Waals surface area contributed by atoms with Gasteiger partial charge in [0.25, 0.3) is 0 Å². The third-order valence-electron chi connectivity index (χ3n) is 1.45. The largest absolute Gasteiger partial charge is 0.246 e. The van der Waals surface area contributed by atoms with E-state index in [1.165, 1.54) is 16.5 Å². The van der Waals surface area contributed by atoms with E-state index in [1.54, 1.807) is 11.3 Å². The maximum absolute atomic E-state index is 4.43. The molecule has 0 N–H and O–H groups in total. The minimum atomic E-state index is 0.426. The van der Waals surface area contributed by atoms with Gasteiger partial charge in [-0.25, -0.2) is 4.98 Å². The number of hydrogen-bond acceptors (Lipinski definition) is 3. The lowest BCUT2D eigenvalue weighted by molar-refractivity contribution is 0.480. The molecule has 1 heterocycles. The molecular weight excluding hydrogens is 198 g/mol. The Kier molecular flexibility index (Phi) is 3.80. The van der Waals surface area contributed by atoms with Gasteiger partial charge in [-0.3, -0.25) is 0 Å². The summed E-state index contributed by atoms with van der Waals surface area (Å²) in [5.41, 5.74) is 1.66. The Morgan fingerprint density at radius 2 is 2.15 bits per heavy atom. The molecule has 0 bridgehead atoms. The second-order valence-electron chi connectivity index (χ2n) is 4.41. The summed E-state index contributed by atoms with van der Waals surface area (Å²) < 4.78 is 0. The van der Waals surface area contributed by atoms with Crippen LogP contribution in [0.4, 0.5) is 0 Å². The van der Waals surface area contributed by atoms with E-state index in [-0.39, 0.29) is 0 Å². The van der Waals surface area contributed by atoms with E-state index in [0.717, 1.165) is 5.75 Å². The van der Waals surface area contributed by atoms with Crippen molar-refractivity contribution in [1.29, 1.82) is 0 Å². The van der Waals surface area contributed by atoms with E-state index in [4.69, 9.17) is 0 Å². The van der Waals surface area contributed by atoms with Crippen LogP contribution in [0.3, 0.4) is 0 Å². The van der Waals surface area contributed by atoms with Crippen molar-refractivity contribution < 1.29 is 0 Å². The van der Waals surface area contributed by atoms with Gasteiger partial charge >= 0.3 is 0 Å². The van der Waals surface area contributed by atoms with Crippen LogP contribution in [-0.4, -0.2) is 10.7 Å². The van der Waals surface area contributed by atoms with Crippen LogP contribution in [0.15, 0.2) is 5.38 Å². The zero-order valence-electron chi connectivity index (χ0n) is 8.76. The van der Waals surface area contributed by atoms with Gasteiger partial charge in [0.15, 0.2) is 0 Å². The van der Waals surface area contributed by atoms with Crippen molar-refractivity contribution in [1.82, 2.24) is 4.98 Å². The number of hydrogen-bond donors (Lipinski definition) is 0. The number of rotatable bonds is 3. The first kappa shape index (κ1) is 11.1. The van der Waals surface area contributed by atoms with E-state index in [1.807, 2.05) is 11.8 Å². The molecule has 0 saturated heterocycles. The molecule has 1 aromatic rings. The van der Waals surface area contributed by atoms with Crippen molar-refractivity contribution in [2.45, 2.75) is 33.4 Å². The summed E-state index contributed by atoms with van der Waals surface area (Å²) in [6, 6.07) is 0. The van der Waals surface area contributed by atoms with Crippen LogP contribution < -0.4 is 0 Å². The van der Waals surface area contributed by atoms with Crippen LogP contribution >= 0.6 is 23.1 Å². The van der Waals surface area contributed by atoms with Crippen LogP contribution in [0.5, 0.6) is 0 Å². The van der Waals surface area contributed by atoms with Crippen LogP contribution in [-0.2, 0) is 5.75 Å². The SMILES string of the molecule is Cc1nc(CSCC(C)(C)C)cs1. The number of thiazole rings is 1. The molecular formula is C10H17NS2. The van der Waals surface area contributed by atoms with Crippen molar-refractivity contribution in [2.75, 3.05) is 5.75 Å². The maximum atomic E-state index is 4.43. The Balaban J connectivity index is 2.28. The first-order valence-electron chi connectivity index (χ1n) is 4.46. The van der Waals surface area contributed by atoms with Gasteiger partial charge in [-0.1, -0.05) is 20.8 Å². The highest BCUT2D eigenvalue weighted by atomic mass is 32.2. The number of nitrogens with zero attached hydrogens (tertiary/aromatic N) is 1. The summed E-state index contributed by atoms with van der Waals surface area (Å²) in [5, 5.41) is 3.33. The highest BCUT2D eigenvalue weighted by molar-refractivity contribution is 7.98. The van der Waals surface area contributed by atoms with E-state index in [0.29, 0.717) is 5.41 Å². The quantitative estimate of drug-likeness (QED) is 0.762. The van der Waals surface area contributed by atoms with E-state index in [2.05, 4.69) is 38.1 Å². The number of aryl methyl sites for hydroxylation is 1. The summed E-state index contributed by atoms with van der Waals surface area (Å²) in [6.45, 7) is 8.87. The van der Waals surface area contributed by atoms with E-state index in [9.17, 15) is 0 Å². The molecule has 1 rings (SSSR count). The van der Waals surface area contributed by atoms with Gasteiger partial charge in [0.2, 0.25) is 0 Å². The van der Waals surface area contributed by atoms with Gasteiger partial charge < -0.3 is 0 Å². The van der Waals surface area contributed by atoms with Gasteiger partial charge in [0, 0.05) is 11.1 Å². The molecule has 0 saturated carbocycles. The minimum absolute atomic E-state index is 0.426. The summed E-state index contributed by atoms with van der Waals surface area (Å²) in [6.07, 6.45) is 0. The molecule has 0 radical (unpaired) electrons. The molecule has 0 aliphatic carbocycles. The van der Waals surface area contributed by atoms with Crippen molar-refractivity contribution in [3.63, 3.8) is 0 Å². The standard InChI is InChI=1S/C10H17NS2/c1-8-11-9(6-13-8)5-12-7-10(2,3)4/h6H,5,7H2,1-4H3. The van der Waals surface area contributed by atoms with Crippen molar-refractivity contribution >= 4 is 23.1 Å². The minimum Gasteiger partial charge on any atom is -0.246 e. The van der Waals surface area contributed by atoms with Gasteiger partial charge in [0.1, 0.15) is 0 Å². The Morgan fingerprint density at radius 1 is 1.46 bits per heavy atom. The molecule has 1 nitrogen and oxygen atoms in total. The average Bonchev–Trinajstić information content (AvgIpc) is 2.33. The molecule has 0 amide bonds. The fourth-order valence-electron chi connectivity index (χ4n) is 0.936. The molecule has 0 atom stereocenters. The highest BCUT2D eigenvalue weighted by Gasteiger charge is 2.10. The van der Waals surface area contributed by atoms with E-state index >= 15 is 0 Å². The lowest BCUT2D eigenvalue weighted by Crippen LogP contribution is -2.08. The Bertz CT molecular complexity index is 260. The summed E-state index contributed by atoms with van der Waals surface area (Å²) in [4.78, 5) is 4.43. The normalized spacial score (nSPS) is 12.0. The molecule has 0 fully saturated rings. The van der Waals surface area contributed by atoms with Crippen LogP contribution in [0, 0.1) is 12.3 Å². The summed E-state index contributed by atoms with van der Waals surface area (Å²) >= 11 is 3.71. The average molecular weight is 215 g/mol. The van der Waals surface area contributed by atoms with Gasteiger partial charge in [-0.05, 0) is 18.1 Å². The van der Waals surface area contributed by atoms with Crippen LogP contribution in [0.1, 0.15) is 31.5 Å². The predicted molar refractivity (Wildman–Crippen MR) is 62.5 cm³/mol. The molecule has 0 aliphatic rings.